The van der Waals surface area contributed by atoms with Crippen LogP contribution in [0.5, 0.6) is 5.88 Å². The Hall–Kier alpha value is -2.45. The first-order valence-corrected chi connectivity index (χ1v) is 11.2. The van der Waals surface area contributed by atoms with E-state index < -0.39 is 67.2 Å². The van der Waals surface area contributed by atoms with Crippen LogP contribution < -0.4 is 10.2 Å². The Morgan fingerprint density at radius 1 is 1.22 bits per heavy atom. The molecule has 200 valence electrons. The lowest BCUT2D eigenvalue weighted by molar-refractivity contribution is -0.249. The minimum absolute atomic E-state index is 0.0496. The Morgan fingerprint density at radius 3 is 2.28 bits per heavy atom. The van der Waals surface area contributed by atoms with E-state index >= 15 is 0 Å². The maximum atomic E-state index is 14.9. The van der Waals surface area contributed by atoms with Gasteiger partial charge >= 0.3 is 13.3 Å². The summed E-state index contributed by atoms with van der Waals surface area (Å²) in [6.45, 7) is 6.48. The number of hydrogen-bond donors (Lipinski definition) is 1. The molecule has 0 saturated carbocycles. The van der Waals surface area contributed by atoms with Crippen molar-refractivity contribution >= 4 is 24.4 Å². The minimum Gasteiger partial charge on any atom is -0.480 e. The summed E-state index contributed by atoms with van der Waals surface area (Å²) in [5, 5.41) is 9.69. The first kappa shape index (κ1) is 28.1. The molecule has 3 heterocycles. The van der Waals surface area contributed by atoms with Crippen LogP contribution in [-0.2, 0) is 14.1 Å². The van der Waals surface area contributed by atoms with Crippen LogP contribution in [0.2, 0.25) is 0 Å². The molecule has 2 saturated heterocycles. The van der Waals surface area contributed by atoms with Crippen LogP contribution in [0.3, 0.4) is 0 Å². The van der Waals surface area contributed by atoms with E-state index in [1.165, 1.54) is 26.4 Å². The molecule has 3 rings (SSSR count). The molecule has 2 fully saturated rings. The van der Waals surface area contributed by atoms with Crippen LogP contribution >= 0.6 is 0 Å². The van der Waals surface area contributed by atoms with Crippen LogP contribution in [-0.4, -0.2) is 101 Å². The number of likely N-dealkylation sites (N-methyl/N-ethyl adjacent to an activating group) is 1. The second-order valence-corrected chi connectivity index (χ2v) is 10.2. The first-order chi connectivity index (χ1) is 16.3. The molecule has 0 radical (unpaired) electrons. The van der Waals surface area contributed by atoms with E-state index in [1.807, 2.05) is 27.7 Å². The number of pyridine rings is 1. The molecule has 0 spiro atoms. The number of aromatic nitrogens is 1. The summed E-state index contributed by atoms with van der Waals surface area (Å²) in [4.78, 5) is 31.3. The van der Waals surface area contributed by atoms with Crippen LogP contribution in [0.15, 0.2) is 12.3 Å². The number of carbonyl (C=O) groups excluding carboxylic acids is 2. The smallest absolute Gasteiger partial charge is 0.480 e. The standard InChI is InChI=1S/C22H30BF4N3O6/c1-19(2)20(3,4)36-23(35-19)12-8-13(16(34-7)28-9-12)17(31)29(6)15-11-30(10-14(15)24)18(32)21(5,33)22(25,26)27/h8-9,14-15,33H,10-11H2,1-7H3/t14-,15+,21+/m0/s1. The molecule has 36 heavy (non-hydrogen) atoms. The number of amides is 2. The van der Waals surface area contributed by atoms with E-state index in [2.05, 4.69) is 4.98 Å². The average Bonchev–Trinajstić information content (AvgIpc) is 3.26. The highest BCUT2D eigenvalue weighted by Gasteiger charge is 2.58. The van der Waals surface area contributed by atoms with Crippen molar-refractivity contribution in [2.75, 3.05) is 27.2 Å². The zero-order valence-electron chi connectivity index (χ0n) is 21.1. The van der Waals surface area contributed by atoms with Crippen LogP contribution in [0.25, 0.3) is 0 Å². The Labute approximate surface area is 206 Å². The molecule has 2 amide bonds. The summed E-state index contributed by atoms with van der Waals surface area (Å²) >= 11 is 0. The maximum Gasteiger partial charge on any atom is 0.496 e. The number of carbonyl (C=O) groups is 2. The molecular weight excluding hydrogens is 489 g/mol. The van der Waals surface area contributed by atoms with Crippen molar-refractivity contribution in [1.82, 2.24) is 14.8 Å². The molecule has 1 aromatic heterocycles. The van der Waals surface area contributed by atoms with Gasteiger partial charge < -0.3 is 29.0 Å². The zero-order valence-corrected chi connectivity index (χ0v) is 21.1. The SMILES string of the molecule is COc1ncc(B2OC(C)(C)C(C)(C)O2)cc1C(=O)N(C)[C@@H]1CN(C(=O)[C@@](C)(O)C(F)(F)F)C[C@@H]1F. The number of hydrogen-bond acceptors (Lipinski definition) is 7. The molecule has 1 N–H and O–H groups in total. The largest absolute Gasteiger partial charge is 0.496 e. The highest BCUT2D eigenvalue weighted by molar-refractivity contribution is 6.62. The fraction of sp³-hybridized carbons (Fsp3) is 0.682. The van der Waals surface area contributed by atoms with Gasteiger partial charge in [0.05, 0.1) is 30.9 Å². The average molecular weight is 519 g/mol. The van der Waals surface area contributed by atoms with Crippen molar-refractivity contribution in [2.45, 2.75) is 69.8 Å². The van der Waals surface area contributed by atoms with Crippen molar-refractivity contribution in [3.63, 3.8) is 0 Å². The summed E-state index contributed by atoms with van der Waals surface area (Å²) in [6.07, 6.45) is -5.68. The molecule has 9 nitrogen and oxygen atoms in total. The number of likely N-dealkylation sites (tertiary alicyclic amines) is 1. The van der Waals surface area contributed by atoms with E-state index in [4.69, 9.17) is 14.0 Å². The molecule has 3 atom stereocenters. The summed E-state index contributed by atoms with van der Waals surface area (Å²) < 4.78 is 71.3. The lowest BCUT2D eigenvalue weighted by Crippen LogP contribution is -2.56. The minimum atomic E-state index is -5.25. The summed E-state index contributed by atoms with van der Waals surface area (Å²) in [6, 6.07) is 0.169. The molecular formula is C22H30BF4N3O6. The Morgan fingerprint density at radius 2 is 1.78 bits per heavy atom. The number of ether oxygens (including phenoxy) is 1. The van der Waals surface area contributed by atoms with Crippen molar-refractivity contribution in [3.8, 4) is 5.88 Å². The van der Waals surface area contributed by atoms with Crippen LogP contribution in [0.1, 0.15) is 45.0 Å². The number of nitrogens with zero attached hydrogens (tertiary/aromatic N) is 3. The predicted octanol–water partition coefficient (Wildman–Crippen LogP) is 1.32. The normalized spacial score (nSPS) is 25.0. The van der Waals surface area contributed by atoms with E-state index in [-0.39, 0.29) is 11.4 Å². The Balaban J connectivity index is 1.84. The molecule has 0 unspecified atom stereocenters. The fourth-order valence-corrected chi connectivity index (χ4v) is 3.94. The number of alkyl halides is 4. The van der Waals surface area contributed by atoms with Crippen LogP contribution in [0.4, 0.5) is 17.6 Å². The highest BCUT2D eigenvalue weighted by atomic mass is 19.4. The van der Waals surface area contributed by atoms with Gasteiger partial charge in [0.1, 0.15) is 11.7 Å². The fourth-order valence-electron chi connectivity index (χ4n) is 3.94. The quantitative estimate of drug-likeness (QED) is 0.463. The summed E-state index contributed by atoms with van der Waals surface area (Å²) in [5.74, 6) is -2.49. The molecule has 0 aromatic carbocycles. The van der Waals surface area contributed by atoms with E-state index in [9.17, 15) is 32.3 Å². The van der Waals surface area contributed by atoms with Gasteiger partial charge in [-0.15, -0.1) is 0 Å². The molecule has 2 aliphatic heterocycles. The Bertz CT molecular complexity index is 1020. The third-order valence-electron chi connectivity index (χ3n) is 7.11. The second-order valence-electron chi connectivity index (χ2n) is 10.2. The molecule has 2 aliphatic rings. The van der Waals surface area contributed by atoms with Crippen molar-refractivity contribution < 1.29 is 46.3 Å². The molecule has 0 aliphatic carbocycles. The van der Waals surface area contributed by atoms with Crippen LogP contribution in [0, 0.1) is 0 Å². The van der Waals surface area contributed by atoms with Crippen molar-refractivity contribution in [2.24, 2.45) is 0 Å². The third-order valence-corrected chi connectivity index (χ3v) is 7.11. The van der Waals surface area contributed by atoms with Gasteiger partial charge in [-0.3, -0.25) is 9.59 Å². The van der Waals surface area contributed by atoms with Crippen molar-refractivity contribution in [1.29, 1.82) is 0 Å². The monoisotopic (exact) mass is 519 g/mol. The van der Waals surface area contributed by atoms with Gasteiger partial charge in [0.2, 0.25) is 11.5 Å². The first-order valence-electron chi connectivity index (χ1n) is 11.2. The number of methoxy groups -OCH3 is 1. The van der Waals surface area contributed by atoms with Gasteiger partial charge in [0.25, 0.3) is 11.8 Å². The second kappa shape index (κ2) is 9.14. The number of halogens is 4. The zero-order chi connectivity index (χ0) is 27.4. The number of aliphatic hydroxyl groups is 1. The van der Waals surface area contributed by atoms with E-state index in [1.54, 1.807) is 0 Å². The Kier molecular flexibility index (Phi) is 7.14. The lowest BCUT2D eigenvalue weighted by atomic mass is 9.79. The molecule has 0 bridgehead atoms. The van der Waals surface area contributed by atoms with Gasteiger partial charge in [0, 0.05) is 25.3 Å². The number of rotatable bonds is 5. The van der Waals surface area contributed by atoms with Crippen molar-refractivity contribution in [3.05, 3.63) is 17.8 Å². The molecule has 14 heteroatoms. The van der Waals surface area contributed by atoms with Gasteiger partial charge in [-0.05, 0) is 40.7 Å². The van der Waals surface area contributed by atoms with Gasteiger partial charge in [-0.2, -0.15) is 13.2 Å². The van der Waals surface area contributed by atoms with Gasteiger partial charge in [0.15, 0.2) is 0 Å². The third kappa shape index (κ3) is 4.77. The lowest BCUT2D eigenvalue weighted by Gasteiger charge is -2.32. The van der Waals surface area contributed by atoms with Gasteiger partial charge in [-0.1, -0.05) is 0 Å². The van der Waals surface area contributed by atoms with E-state index in [0.717, 1.165) is 4.90 Å². The van der Waals surface area contributed by atoms with Gasteiger partial charge in [-0.25, -0.2) is 9.37 Å². The predicted molar refractivity (Wildman–Crippen MR) is 121 cm³/mol. The summed E-state index contributed by atoms with van der Waals surface area (Å²) in [7, 11) is 1.71. The van der Waals surface area contributed by atoms with E-state index in [0.29, 0.717) is 17.3 Å². The maximum absolute atomic E-state index is 14.9. The highest BCUT2D eigenvalue weighted by Crippen LogP contribution is 2.37. The topological polar surface area (TPSA) is 101 Å². The summed E-state index contributed by atoms with van der Waals surface area (Å²) in [5.41, 5.74) is -4.64. The molecule has 1 aromatic rings.